The van der Waals surface area contributed by atoms with E-state index in [-0.39, 0.29) is 12.2 Å². The van der Waals surface area contributed by atoms with Crippen LogP contribution in [0.5, 0.6) is 0 Å². The molecule has 4 rings (SSSR count). The zero-order chi connectivity index (χ0) is 24.1. The largest absolute Gasteiger partial charge is 0.444 e. The normalized spacial score (nSPS) is 14.2. The Morgan fingerprint density at radius 3 is 2.56 bits per heavy atom. The number of urea groups is 1. The van der Waals surface area contributed by atoms with Crippen LogP contribution in [0.2, 0.25) is 0 Å². The van der Waals surface area contributed by atoms with Crippen LogP contribution in [0.4, 0.5) is 29.3 Å². The topological polar surface area (TPSA) is 79.6 Å². The van der Waals surface area contributed by atoms with Crippen LogP contribution in [-0.2, 0) is 17.3 Å². The first-order chi connectivity index (χ1) is 16.3. The summed E-state index contributed by atoms with van der Waals surface area (Å²) in [6.07, 6.45) is -2.75. The summed E-state index contributed by atoms with van der Waals surface area (Å²) in [5, 5.41) is 4.88. The summed E-state index contributed by atoms with van der Waals surface area (Å²) >= 11 is 0. The van der Waals surface area contributed by atoms with Crippen molar-refractivity contribution in [2.24, 2.45) is 0 Å². The number of amides is 2. The van der Waals surface area contributed by atoms with E-state index >= 15 is 0 Å². The highest BCUT2D eigenvalue weighted by Crippen LogP contribution is 2.37. The second-order valence-electron chi connectivity index (χ2n) is 7.97. The Labute approximate surface area is 194 Å². The van der Waals surface area contributed by atoms with Crippen molar-refractivity contribution < 1.29 is 27.1 Å². The van der Waals surface area contributed by atoms with Crippen LogP contribution in [0.15, 0.2) is 53.1 Å². The maximum atomic E-state index is 13.7. The molecule has 7 nitrogen and oxygen atoms in total. The zero-order valence-corrected chi connectivity index (χ0v) is 18.6. The molecule has 0 bridgehead atoms. The van der Waals surface area contributed by atoms with Crippen molar-refractivity contribution in [2.75, 3.05) is 43.1 Å². The van der Waals surface area contributed by atoms with Crippen molar-refractivity contribution in [1.29, 1.82) is 0 Å². The fraction of sp³-hybridized carbons (Fsp3) is 0.333. The predicted molar refractivity (Wildman–Crippen MR) is 122 cm³/mol. The van der Waals surface area contributed by atoms with E-state index in [9.17, 15) is 18.0 Å². The first-order valence-electron chi connectivity index (χ1n) is 10.9. The van der Waals surface area contributed by atoms with Crippen molar-refractivity contribution in [3.05, 3.63) is 65.5 Å². The number of alkyl halides is 3. The van der Waals surface area contributed by atoms with Crippen molar-refractivity contribution in [3.8, 4) is 11.5 Å². The molecular formula is C24H25F3N4O3. The highest BCUT2D eigenvalue weighted by Gasteiger charge is 2.35. The lowest BCUT2D eigenvalue weighted by Crippen LogP contribution is -2.36. The predicted octanol–water partition coefficient (Wildman–Crippen LogP) is 4.87. The summed E-state index contributed by atoms with van der Waals surface area (Å²) in [4.78, 5) is 18.5. The number of hydrogen-bond donors (Lipinski definition) is 2. The Balaban J connectivity index is 1.35. The Hall–Kier alpha value is -3.53. The molecule has 10 heteroatoms. The van der Waals surface area contributed by atoms with Crippen LogP contribution in [0.1, 0.15) is 16.8 Å². The van der Waals surface area contributed by atoms with Crippen LogP contribution in [-0.4, -0.2) is 43.9 Å². The van der Waals surface area contributed by atoms with Gasteiger partial charge in [0.25, 0.3) is 0 Å². The van der Waals surface area contributed by atoms with Crippen molar-refractivity contribution in [1.82, 2.24) is 10.3 Å². The molecule has 1 fully saturated rings. The van der Waals surface area contributed by atoms with E-state index < -0.39 is 17.8 Å². The summed E-state index contributed by atoms with van der Waals surface area (Å²) in [6, 6.07) is 10.9. The van der Waals surface area contributed by atoms with Gasteiger partial charge >= 0.3 is 12.2 Å². The number of morpholine rings is 1. The first kappa shape index (κ1) is 23.6. The van der Waals surface area contributed by atoms with E-state index in [1.54, 1.807) is 6.07 Å². The molecule has 180 valence electrons. The maximum absolute atomic E-state index is 13.7. The van der Waals surface area contributed by atoms with Gasteiger partial charge in [0.1, 0.15) is 6.26 Å². The molecule has 2 N–H and O–H groups in total. The number of rotatable bonds is 6. The Bertz CT molecular complexity index is 1120. The van der Waals surface area contributed by atoms with Crippen LogP contribution in [0, 0.1) is 6.92 Å². The molecule has 2 amide bonds. The van der Waals surface area contributed by atoms with Gasteiger partial charge in [-0.2, -0.15) is 13.2 Å². The van der Waals surface area contributed by atoms with E-state index in [4.69, 9.17) is 9.15 Å². The van der Waals surface area contributed by atoms with Crippen molar-refractivity contribution in [2.45, 2.75) is 19.5 Å². The molecule has 0 radical (unpaired) electrons. The quantitative estimate of drug-likeness (QED) is 0.533. The third-order valence-electron chi connectivity index (χ3n) is 5.45. The van der Waals surface area contributed by atoms with Gasteiger partial charge < -0.3 is 24.7 Å². The van der Waals surface area contributed by atoms with Crippen LogP contribution >= 0.6 is 0 Å². The molecule has 1 aromatic heterocycles. The van der Waals surface area contributed by atoms with Gasteiger partial charge in [-0.1, -0.05) is 17.7 Å². The number of oxazole rings is 1. The summed E-state index contributed by atoms with van der Waals surface area (Å²) in [5.41, 5.74) is 1.83. The fourth-order valence-corrected chi connectivity index (χ4v) is 3.62. The number of aryl methyl sites for hydroxylation is 1. The molecule has 0 spiro atoms. The molecule has 2 heterocycles. The van der Waals surface area contributed by atoms with Gasteiger partial charge in [-0.3, -0.25) is 0 Å². The minimum atomic E-state index is -4.61. The monoisotopic (exact) mass is 474 g/mol. The molecule has 3 aromatic rings. The lowest BCUT2D eigenvalue weighted by molar-refractivity contribution is -0.136. The first-order valence-corrected chi connectivity index (χ1v) is 10.9. The highest BCUT2D eigenvalue weighted by molar-refractivity contribution is 5.90. The second kappa shape index (κ2) is 10.2. The molecule has 0 unspecified atom stereocenters. The van der Waals surface area contributed by atoms with Crippen molar-refractivity contribution in [3.63, 3.8) is 0 Å². The number of anilines is 2. The third kappa shape index (κ3) is 5.88. The molecule has 1 aliphatic heterocycles. The lowest BCUT2D eigenvalue weighted by atomic mass is 10.1. The summed E-state index contributed by atoms with van der Waals surface area (Å²) < 4.78 is 51.7. The Kier molecular flexibility index (Phi) is 7.06. The molecular weight excluding hydrogens is 449 g/mol. The molecule has 1 aliphatic rings. The van der Waals surface area contributed by atoms with E-state index in [0.717, 1.165) is 17.2 Å². The van der Waals surface area contributed by atoms with Gasteiger partial charge in [-0.05, 0) is 37.3 Å². The minimum absolute atomic E-state index is 0.179. The van der Waals surface area contributed by atoms with E-state index in [1.807, 2.05) is 36.1 Å². The molecule has 0 atom stereocenters. The molecule has 0 saturated carbocycles. The minimum Gasteiger partial charge on any atom is -0.444 e. The van der Waals surface area contributed by atoms with Crippen LogP contribution < -0.4 is 15.5 Å². The van der Waals surface area contributed by atoms with Crippen LogP contribution in [0.25, 0.3) is 11.5 Å². The van der Waals surface area contributed by atoms with Gasteiger partial charge in [-0.15, -0.1) is 0 Å². The highest BCUT2D eigenvalue weighted by atomic mass is 19.4. The molecule has 2 aromatic carbocycles. The van der Waals surface area contributed by atoms with Gasteiger partial charge in [0.05, 0.1) is 30.2 Å². The van der Waals surface area contributed by atoms with Gasteiger partial charge in [-0.25, -0.2) is 9.78 Å². The Morgan fingerprint density at radius 2 is 1.85 bits per heavy atom. The van der Waals surface area contributed by atoms with Crippen molar-refractivity contribution >= 4 is 17.4 Å². The Morgan fingerprint density at radius 1 is 1.12 bits per heavy atom. The maximum Gasteiger partial charge on any atom is 0.418 e. The van der Waals surface area contributed by atoms with Gasteiger partial charge in [0.15, 0.2) is 0 Å². The fourth-order valence-electron chi connectivity index (χ4n) is 3.62. The number of ether oxygens (including phenoxy) is 1. The number of nitrogens with zero attached hydrogens (tertiary/aromatic N) is 2. The lowest BCUT2D eigenvalue weighted by Gasteiger charge is -2.29. The van der Waals surface area contributed by atoms with E-state index in [1.165, 1.54) is 12.3 Å². The smallest absolute Gasteiger partial charge is 0.418 e. The number of aromatic nitrogens is 1. The molecule has 34 heavy (non-hydrogen) atoms. The number of carbonyl (C=O) groups is 1. The second-order valence-corrected chi connectivity index (χ2v) is 7.97. The number of hydrogen-bond acceptors (Lipinski definition) is 5. The van der Waals surface area contributed by atoms with Crippen LogP contribution in [0.3, 0.4) is 0 Å². The molecule has 0 aliphatic carbocycles. The number of halogens is 3. The summed E-state index contributed by atoms with van der Waals surface area (Å²) in [7, 11) is 0. The standard InChI is InChI=1S/C24H25F3N4O3/c1-16-2-4-17(5-3-16)22-29-18(15-34-22)8-9-28-23(32)30-21-7-6-19(14-20(21)24(25,26)27)31-10-12-33-13-11-31/h2-7,14-15H,8-13H2,1H3,(H2,28,30,32). The van der Waals surface area contributed by atoms with Gasteiger partial charge in [0, 0.05) is 37.3 Å². The zero-order valence-electron chi connectivity index (χ0n) is 18.6. The number of nitrogens with one attached hydrogen (secondary N) is 2. The average Bonchev–Trinajstić information content (AvgIpc) is 3.28. The summed E-state index contributed by atoms with van der Waals surface area (Å²) in [5.74, 6) is 0.467. The number of carbonyl (C=O) groups excluding carboxylic acids is 1. The third-order valence-corrected chi connectivity index (χ3v) is 5.45. The van der Waals surface area contributed by atoms with Gasteiger partial charge in [0.2, 0.25) is 5.89 Å². The summed E-state index contributed by atoms with van der Waals surface area (Å²) in [6.45, 7) is 4.11. The number of benzene rings is 2. The average molecular weight is 474 g/mol. The molecule has 1 saturated heterocycles. The van der Waals surface area contributed by atoms with E-state index in [2.05, 4.69) is 15.6 Å². The SMILES string of the molecule is Cc1ccc(-c2nc(CCNC(=O)Nc3ccc(N4CCOCC4)cc3C(F)(F)F)co2)cc1. The van der Waals surface area contributed by atoms with E-state index in [0.29, 0.717) is 50.0 Å².